The van der Waals surface area contributed by atoms with E-state index in [0.29, 0.717) is 22.6 Å². The number of carbonyl (C=O) groups is 1. The van der Waals surface area contributed by atoms with E-state index in [9.17, 15) is 9.90 Å². The van der Waals surface area contributed by atoms with Crippen LogP contribution in [-0.2, 0) is 5.41 Å². The molecule has 0 radical (unpaired) electrons. The second-order valence-corrected chi connectivity index (χ2v) is 6.85. The first-order valence-electron chi connectivity index (χ1n) is 8.05. The Hall–Kier alpha value is -2.82. The van der Waals surface area contributed by atoms with Gasteiger partial charge in [0.2, 0.25) is 0 Å². The topological polar surface area (TPSA) is 70.9 Å². The molecule has 132 valence electrons. The van der Waals surface area contributed by atoms with E-state index in [1.54, 1.807) is 31.2 Å². The lowest BCUT2D eigenvalue weighted by molar-refractivity contribution is 0.0954. The van der Waals surface area contributed by atoms with Crippen molar-refractivity contribution in [3.8, 4) is 11.5 Å². The molecule has 2 N–H and O–H groups in total. The summed E-state index contributed by atoms with van der Waals surface area (Å²) in [5, 5.41) is 14.1. The van der Waals surface area contributed by atoms with Gasteiger partial charge in [0.1, 0.15) is 11.5 Å². The molecule has 0 saturated carbocycles. The van der Waals surface area contributed by atoms with Crippen LogP contribution in [0.3, 0.4) is 0 Å². The van der Waals surface area contributed by atoms with Gasteiger partial charge < -0.3 is 9.84 Å². The molecule has 0 fully saturated rings. The van der Waals surface area contributed by atoms with Crippen LogP contribution in [0.1, 0.15) is 49.2 Å². The molecule has 0 spiro atoms. The lowest BCUT2D eigenvalue weighted by Crippen LogP contribution is -2.20. The highest BCUT2D eigenvalue weighted by Gasteiger charge is 2.14. The zero-order valence-corrected chi connectivity index (χ0v) is 15.3. The van der Waals surface area contributed by atoms with Gasteiger partial charge in [-0.3, -0.25) is 4.79 Å². The highest BCUT2D eigenvalue weighted by molar-refractivity contribution is 6.02. The van der Waals surface area contributed by atoms with Crippen molar-refractivity contribution >= 4 is 11.6 Å². The summed E-state index contributed by atoms with van der Waals surface area (Å²) in [7, 11) is 1.53. The summed E-state index contributed by atoms with van der Waals surface area (Å²) in [4.78, 5) is 12.2. The van der Waals surface area contributed by atoms with E-state index in [2.05, 4.69) is 31.3 Å². The van der Waals surface area contributed by atoms with E-state index in [1.807, 2.05) is 12.1 Å². The predicted molar refractivity (Wildman–Crippen MR) is 99.5 cm³/mol. The summed E-state index contributed by atoms with van der Waals surface area (Å²) in [5.74, 6) is 0.300. The van der Waals surface area contributed by atoms with Gasteiger partial charge in [-0.1, -0.05) is 32.9 Å². The van der Waals surface area contributed by atoms with Crippen LogP contribution in [0.4, 0.5) is 0 Å². The van der Waals surface area contributed by atoms with Crippen molar-refractivity contribution < 1.29 is 14.6 Å². The summed E-state index contributed by atoms with van der Waals surface area (Å²) < 4.78 is 5.05. The smallest absolute Gasteiger partial charge is 0.271 e. The predicted octanol–water partition coefficient (Wildman–Crippen LogP) is 3.85. The molecule has 2 aromatic carbocycles. The largest absolute Gasteiger partial charge is 0.507 e. The molecule has 0 heterocycles. The first kappa shape index (κ1) is 18.5. The van der Waals surface area contributed by atoms with Crippen LogP contribution in [0.25, 0.3) is 0 Å². The molecule has 2 aromatic rings. The third kappa shape index (κ3) is 4.59. The highest BCUT2D eigenvalue weighted by atomic mass is 16.5. The molecule has 0 aliphatic heterocycles. The van der Waals surface area contributed by atoms with Crippen molar-refractivity contribution in [2.75, 3.05) is 7.11 Å². The summed E-state index contributed by atoms with van der Waals surface area (Å²) >= 11 is 0. The van der Waals surface area contributed by atoms with Gasteiger partial charge in [0.25, 0.3) is 5.91 Å². The van der Waals surface area contributed by atoms with E-state index in [0.717, 1.165) is 5.56 Å². The second kappa shape index (κ2) is 7.38. The molecule has 0 aliphatic rings. The maximum atomic E-state index is 12.2. The third-order valence-corrected chi connectivity index (χ3v) is 3.93. The molecule has 5 nitrogen and oxygen atoms in total. The lowest BCUT2D eigenvalue weighted by atomic mass is 9.87. The number of carbonyl (C=O) groups excluding carboxylic acids is 1. The first-order valence-corrected chi connectivity index (χ1v) is 8.05. The number of benzene rings is 2. The number of methoxy groups -OCH3 is 1. The molecule has 0 bridgehead atoms. The van der Waals surface area contributed by atoms with Gasteiger partial charge >= 0.3 is 0 Å². The minimum Gasteiger partial charge on any atom is -0.507 e. The molecule has 0 aliphatic carbocycles. The van der Waals surface area contributed by atoms with Crippen molar-refractivity contribution in [3.63, 3.8) is 0 Å². The van der Waals surface area contributed by atoms with Gasteiger partial charge in [-0.25, -0.2) is 5.43 Å². The zero-order valence-electron chi connectivity index (χ0n) is 15.3. The molecule has 1 amide bonds. The van der Waals surface area contributed by atoms with Crippen LogP contribution in [-0.4, -0.2) is 23.8 Å². The fraction of sp³-hybridized carbons (Fsp3) is 0.300. The summed E-state index contributed by atoms with van der Waals surface area (Å²) in [6.45, 7) is 8.08. The average Bonchev–Trinajstić information content (AvgIpc) is 2.58. The van der Waals surface area contributed by atoms with Gasteiger partial charge in [-0.15, -0.1) is 0 Å². The maximum absolute atomic E-state index is 12.2. The molecular weight excluding hydrogens is 316 g/mol. The van der Waals surface area contributed by atoms with Crippen LogP contribution in [0.15, 0.2) is 47.6 Å². The monoisotopic (exact) mass is 340 g/mol. The standard InChI is InChI=1S/C20H24N2O3/c1-13(17-11-10-16(25-5)12-18(17)23)21-22-19(24)14-6-8-15(9-7-14)20(2,3)4/h6-12,23H,1-5H3,(H,22,24)/b21-13+. The van der Waals surface area contributed by atoms with E-state index in [4.69, 9.17) is 4.74 Å². The molecular formula is C20H24N2O3. The quantitative estimate of drug-likeness (QED) is 0.656. The van der Waals surface area contributed by atoms with Crippen molar-refractivity contribution in [2.24, 2.45) is 5.10 Å². The van der Waals surface area contributed by atoms with E-state index in [-0.39, 0.29) is 17.1 Å². The van der Waals surface area contributed by atoms with Gasteiger partial charge in [-0.2, -0.15) is 5.10 Å². The number of hydrazone groups is 1. The minimum absolute atomic E-state index is 0.0373. The molecule has 0 atom stereocenters. The highest BCUT2D eigenvalue weighted by Crippen LogP contribution is 2.24. The van der Waals surface area contributed by atoms with Crippen LogP contribution in [0.5, 0.6) is 11.5 Å². The second-order valence-electron chi connectivity index (χ2n) is 6.85. The van der Waals surface area contributed by atoms with Gasteiger partial charge in [-0.05, 0) is 42.2 Å². The van der Waals surface area contributed by atoms with E-state index in [1.165, 1.54) is 13.2 Å². The van der Waals surface area contributed by atoms with Gasteiger partial charge in [0.05, 0.1) is 12.8 Å². The lowest BCUT2D eigenvalue weighted by Gasteiger charge is -2.18. The van der Waals surface area contributed by atoms with Crippen LogP contribution in [0.2, 0.25) is 0 Å². The molecule has 25 heavy (non-hydrogen) atoms. The Labute approximate surface area is 148 Å². The number of hydrogen-bond donors (Lipinski definition) is 2. The molecule has 2 rings (SSSR count). The van der Waals surface area contributed by atoms with Crippen LogP contribution in [0, 0.1) is 0 Å². The summed E-state index contributed by atoms with van der Waals surface area (Å²) in [6.07, 6.45) is 0. The van der Waals surface area contributed by atoms with Crippen LogP contribution < -0.4 is 10.2 Å². The van der Waals surface area contributed by atoms with Gasteiger partial charge in [0.15, 0.2) is 0 Å². The molecule has 5 heteroatoms. The summed E-state index contributed by atoms with van der Waals surface area (Å²) in [6, 6.07) is 12.4. The Morgan fingerprint density at radius 1 is 1.12 bits per heavy atom. The molecule has 0 saturated heterocycles. The molecule has 0 unspecified atom stereocenters. The Morgan fingerprint density at radius 2 is 1.76 bits per heavy atom. The Balaban J connectivity index is 2.11. The zero-order chi connectivity index (χ0) is 18.6. The number of phenolic OH excluding ortho intramolecular Hbond substituents is 1. The maximum Gasteiger partial charge on any atom is 0.271 e. The van der Waals surface area contributed by atoms with Crippen molar-refractivity contribution in [1.29, 1.82) is 0 Å². The third-order valence-electron chi connectivity index (χ3n) is 3.93. The number of rotatable bonds is 4. The molecule has 0 aromatic heterocycles. The minimum atomic E-state index is -0.298. The Bertz CT molecular complexity index is 788. The van der Waals surface area contributed by atoms with Gasteiger partial charge in [0, 0.05) is 17.2 Å². The van der Waals surface area contributed by atoms with Crippen molar-refractivity contribution in [3.05, 3.63) is 59.2 Å². The van der Waals surface area contributed by atoms with Crippen LogP contribution >= 0.6 is 0 Å². The number of nitrogens with one attached hydrogen (secondary N) is 1. The fourth-order valence-electron chi connectivity index (χ4n) is 2.33. The number of nitrogens with zero attached hydrogens (tertiary/aromatic N) is 1. The van der Waals surface area contributed by atoms with Crippen molar-refractivity contribution in [2.45, 2.75) is 33.1 Å². The Kier molecular flexibility index (Phi) is 5.47. The van der Waals surface area contributed by atoms with E-state index >= 15 is 0 Å². The number of hydrogen-bond acceptors (Lipinski definition) is 4. The van der Waals surface area contributed by atoms with Crippen molar-refractivity contribution in [1.82, 2.24) is 5.43 Å². The number of aromatic hydroxyl groups is 1. The average molecular weight is 340 g/mol. The Morgan fingerprint density at radius 3 is 2.28 bits per heavy atom. The van der Waals surface area contributed by atoms with E-state index < -0.39 is 0 Å². The first-order chi connectivity index (χ1) is 11.7. The number of ether oxygens (including phenoxy) is 1. The number of amides is 1. The SMILES string of the molecule is COc1ccc(/C(C)=N/NC(=O)c2ccc(C(C)(C)C)cc2)c(O)c1. The fourth-order valence-corrected chi connectivity index (χ4v) is 2.33. The number of phenols is 1. The summed E-state index contributed by atoms with van der Waals surface area (Å²) in [5.41, 5.74) is 5.28. The normalized spacial score (nSPS) is 12.0.